The minimum Gasteiger partial charge on any atom is -0.396 e. The van der Waals surface area contributed by atoms with Crippen molar-refractivity contribution in [3.05, 3.63) is 62.3 Å². The highest BCUT2D eigenvalue weighted by molar-refractivity contribution is 9.11. The smallest absolute Gasteiger partial charge is 0.193 e. The normalized spacial score (nSPS) is 10.4. The molecule has 0 amide bonds. The second kappa shape index (κ2) is 5.20. The average Bonchev–Trinajstić information content (AvgIpc) is 2.30. The first-order valence-electron chi connectivity index (χ1n) is 5.03. The van der Waals surface area contributed by atoms with Crippen molar-refractivity contribution in [2.24, 2.45) is 0 Å². The topological polar surface area (TPSA) is 43.1 Å². The molecule has 0 saturated carbocycles. The molecule has 0 unspecified atom stereocenters. The van der Waals surface area contributed by atoms with Crippen LogP contribution in [0.15, 0.2) is 45.3 Å². The van der Waals surface area contributed by atoms with Gasteiger partial charge in [-0.1, -0.05) is 31.9 Å². The molecular weight excluding hydrogens is 365 g/mol. The Labute approximate surface area is 120 Å². The van der Waals surface area contributed by atoms with E-state index in [2.05, 4.69) is 31.9 Å². The summed E-state index contributed by atoms with van der Waals surface area (Å²) in [6, 6.07) is 9.22. The van der Waals surface area contributed by atoms with E-state index in [4.69, 9.17) is 5.73 Å². The van der Waals surface area contributed by atoms with Crippen molar-refractivity contribution in [1.82, 2.24) is 0 Å². The van der Waals surface area contributed by atoms with Gasteiger partial charge in [-0.15, -0.1) is 0 Å². The van der Waals surface area contributed by atoms with Crippen LogP contribution in [0, 0.1) is 5.82 Å². The first kappa shape index (κ1) is 13.2. The van der Waals surface area contributed by atoms with Crippen LogP contribution in [0.5, 0.6) is 0 Å². The summed E-state index contributed by atoms with van der Waals surface area (Å²) >= 11 is 6.61. The van der Waals surface area contributed by atoms with E-state index in [-0.39, 0.29) is 17.0 Å². The number of hydrogen-bond donors (Lipinski definition) is 1. The van der Waals surface area contributed by atoms with Crippen LogP contribution in [0.25, 0.3) is 0 Å². The molecule has 0 aromatic heterocycles. The van der Waals surface area contributed by atoms with Gasteiger partial charge in [0.05, 0.1) is 5.69 Å². The average molecular weight is 373 g/mol. The Morgan fingerprint density at radius 2 is 1.61 bits per heavy atom. The number of benzene rings is 2. The first-order valence-corrected chi connectivity index (χ1v) is 6.62. The van der Waals surface area contributed by atoms with Gasteiger partial charge in [0, 0.05) is 20.1 Å². The maximum atomic E-state index is 13.3. The number of anilines is 1. The van der Waals surface area contributed by atoms with Gasteiger partial charge < -0.3 is 5.73 Å². The summed E-state index contributed by atoms with van der Waals surface area (Å²) in [6.45, 7) is 0. The molecule has 18 heavy (non-hydrogen) atoms. The quantitative estimate of drug-likeness (QED) is 0.635. The second-order valence-electron chi connectivity index (χ2n) is 3.72. The molecule has 0 aliphatic carbocycles. The van der Waals surface area contributed by atoms with Gasteiger partial charge in [0.2, 0.25) is 0 Å². The van der Waals surface area contributed by atoms with Crippen LogP contribution in [-0.2, 0) is 0 Å². The van der Waals surface area contributed by atoms with Crippen molar-refractivity contribution < 1.29 is 9.18 Å². The van der Waals surface area contributed by atoms with E-state index in [1.54, 1.807) is 12.1 Å². The van der Waals surface area contributed by atoms with Crippen molar-refractivity contribution in [1.29, 1.82) is 0 Å². The molecule has 0 spiro atoms. The lowest BCUT2D eigenvalue weighted by Gasteiger charge is -2.04. The number of nitrogens with two attached hydrogens (primary N) is 1. The Bertz CT molecular complexity index is 608. The SMILES string of the molecule is Nc1ccc(C(=O)c2cc(Br)cc(Br)c2)cc1F. The van der Waals surface area contributed by atoms with Gasteiger partial charge in [-0.3, -0.25) is 4.79 Å². The molecule has 5 heteroatoms. The third-order valence-electron chi connectivity index (χ3n) is 2.39. The van der Waals surface area contributed by atoms with Crippen LogP contribution in [-0.4, -0.2) is 5.78 Å². The van der Waals surface area contributed by atoms with Gasteiger partial charge in [0.15, 0.2) is 5.78 Å². The zero-order valence-corrected chi connectivity index (χ0v) is 12.3. The number of hydrogen-bond acceptors (Lipinski definition) is 2. The van der Waals surface area contributed by atoms with Crippen LogP contribution in [0.1, 0.15) is 15.9 Å². The largest absolute Gasteiger partial charge is 0.396 e. The molecule has 0 aliphatic rings. The lowest BCUT2D eigenvalue weighted by Crippen LogP contribution is -2.03. The van der Waals surface area contributed by atoms with E-state index in [9.17, 15) is 9.18 Å². The Balaban J connectivity index is 2.44. The lowest BCUT2D eigenvalue weighted by molar-refractivity contribution is 0.103. The molecule has 2 aromatic carbocycles. The molecule has 0 saturated heterocycles. The van der Waals surface area contributed by atoms with Crippen molar-refractivity contribution in [2.45, 2.75) is 0 Å². The van der Waals surface area contributed by atoms with Gasteiger partial charge in [-0.2, -0.15) is 0 Å². The molecular formula is C13H8Br2FNO. The van der Waals surface area contributed by atoms with E-state index in [0.717, 1.165) is 15.0 Å². The third-order valence-corrected chi connectivity index (χ3v) is 3.30. The van der Waals surface area contributed by atoms with E-state index in [1.165, 1.54) is 12.1 Å². The molecule has 2 rings (SSSR count). The van der Waals surface area contributed by atoms with Gasteiger partial charge in [-0.05, 0) is 36.4 Å². The monoisotopic (exact) mass is 371 g/mol. The van der Waals surface area contributed by atoms with Crippen molar-refractivity contribution in [3.8, 4) is 0 Å². The molecule has 0 fully saturated rings. The fourth-order valence-corrected chi connectivity index (χ4v) is 2.81. The summed E-state index contributed by atoms with van der Waals surface area (Å²) in [5.41, 5.74) is 6.15. The third kappa shape index (κ3) is 2.79. The van der Waals surface area contributed by atoms with E-state index in [1.807, 2.05) is 6.07 Å². The minimum atomic E-state index is -0.588. The zero-order valence-electron chi connectivity index (χ0n) is 9.08. The number of rotatable bonds is 2. The second-order valence-corrected chi connectivity index (χ2v) is 5.55. The summed E-state index contributed by atoms with van der Waals surface area (Å²) in [5, 5.41) is 0. The first-order chi connectivity index (χ1) is 8.47. The molecule has 0 atom stereocenters. The number of halogens is 3. The molecule has 0 heterocycles. The fraction of sp³-hybridized carbons (Fsp3) is 0. The van der Waals surface area contributed by atoms with Crippen molar-refractivity contribution in [3.63, 3.8) is 0 Å². The highest BCUT2D eigenvalue weighted by atomic mass is 79.9. The standard InChI is InChI=1S/C13H8Br2FNO/c14-9-3-8(4-10(15)6-9)13(18)7-1-2-12(17)11(16)5-7/h1-6H,17H2. The number of carbonyl (C=O) groups excluding carboxylic acids is 1. The Kier molecular flexibility index (Phi) is 3.82. The maximum Gasteiger partial charge on any atom is 0.193 e. The summed E-state index contributed by atoms with van der Waals surface area (Å²) < 4.78 is 14.9. The number of nitrogen functional groups attached to an aromatic ring is 1. The Hall–Kier alpha value is -1.20. The summed E-state index contributed by atoms with van der Waals surface area (Å²) in [5.74, 6) is -0.842. The van der Waals surface area contributed by atoms with Gasteiger partial charge in [0.25, 0.3) is 0 Å². The van der Waals surface area contributed by atoms with Crippen molar-refractivity contribution in [2.75, 3.05) is 5.73 Å². The van der Waals surface area contributed by atoms with Crippen LogP contribution in [0.3, 0.4) is 0 Å². The molecule has 2 aromatic rings. The van der Waals surface area contributed by atoms with Gasteiger partial charge in [0.1, 0.15) is 5.82 Å². The Morgan fingerprint density at radius 1 is 1.00 bits per heavy atom. The maximum absolute atomic E-state index is 13.3. The van der Waals surface area contributed by atoms with Gasteiger partial charge in [-0.25, -0.2) is 4.39 Å². The predicted octanol–water partition coefficient (Wildman–Crippen LogP) is 4.16. The summed E-state index contributed by atoms with van der Waals surface area (Å²) in [6.07, 6.45) is 0. The van der Waals surface area contributed by atoms with E-state index >= 15 is 0 Å². The molecule has 2 N–H and O–H groups in total. The molecule has 0 aliphatic heterocycles. The molecule has 92 valence electrons. The summed E-state index contributed by atoms with van der Waals surface area (Å²) in [4.78, 5) is 12.2. The molecule has 2 nitrogen and oxygen atoms in total. The number of ketones is 1. The van der Waals surface area contributed by atoms with Crippen LogP contribution in [0.4, 0.5) is 10.1 Å². The minimum absolute atomic E-state index is 0.0296. The van der Waals surface area contributed by atoms with Crippen LogP contribution < -0.4 is 5.73 Å². The highest BCUT2D eigenvalue weighted by Crippen LogP contribution is 2.23. The predicted molar refractivity (Wildman–Crippen MR) is 76.1 cm³/mol. The van der Waals surface area contributed by atoms with Crippen LogP contribution in [0.2, 0.25) is 0 Å². The lowest BCUT2D eigenvalue weighted by atomic mass is 10.0. The van der Waals surface area contributed by atoms with Crippen molar-refractivity contribution >= 4 is 43.3 Å². The van der Waals surface area contributed by atoms with E-state index in [0.29, 0.717) is 5.56 Å². The highest BCUT2D eigenvalue weighted by Gasteiger charge is 2.12. The fourth-order valence-electron chi connectivity index (χ4n) is 1.52. The van der Waals surface area contributed by atoms with Gasteiger partial charge >= 0.3 is 0 Å². The zero-order chi connectivity index (χ0) is 13.3. The van der Waals surface area contributed by atoms with Crippen LogP contribution >= 0.6 is 31.9 Å². The van der Waals surface area contributed by atoms with E-state index < -0.39 is 5.82 Å². The molecule has 0 bridgehead atoms. The summed E-state index contributed by atoms with van der Waals surface area (Å²) in [7, 11) is 0. The Morgan fingerprint density at radius 3 is 2.17 bits per heavy atom. The molecule has 0 radical (unpaired) electrons. The number of carbonyl (C=O) groups is 1.